The molecule has 1 aliphatic rings. The third-order valence-corrected chi connectivity index (χ3v) is 6.62. The molecule has 6 nitrogen and oxygen atoms in total. The van der Waals surface area contributed by atoms with E-state index >= 15 is 0 Å². The second-order valence-electron chi connectivity index (χ2n) is 8.77. The van der Waals surface area contributed by atoms with E-state index in [-0.39, 0.29) is 35.1 Å². The molecule has 2 aromatic rings. The molecule has 0 spiro atoms. The number of halogens is 3. The van der Waals surface area contributed by atoms with E-state index in [9.17, 15) is 27.6 Å². The van der Waals surface area contributed by atoms with Crippen LogP contribution in [-0.2, 0) is 11.0 Å². The minimum atomic E-state index is -4.46. The van der Waals surface area contributed by atoms with Gasteiger partial charge in [0.15, 0.2) is 0 Å². The van der Waals surface area contributed by atoms with Gasteiger partial charge in [-0.3, -0.25) is 14.4 Å². The Balaban J connectivity index is 1.65. The number of carbonyl (C=O) groups excluding carboxylic acids is 3. The molecular weight excluding hydrogens is 467 g/mol. The normalized spacial score (nSPS) is 15.8. The van der Waals surface area contributed by atoms with E-state index < -0.39 is 17.8 Å². The number of carbonyl (C=O) groups is 3. The fraction of sp³-hybridized carbons (Fsp3) is 0.458. The van der Waals surface area contributed by atoms with Crippen molar-refractivity contribution >= 4 is 29.1 Å². The minimum Gasteiger partial charge on any atom is -0.354 e. The second kappa shape index (κ2) is 11.0. The zero-order valence-corrected chi connectivity index (χ0v) is 19.8. The van der Waals surface area contributed by atoms with Crippen LogP contribution >= 0.6 is 11.3 Å². The molecule has 1 unspecified atom stereocenters. The summed E-state index contributed by atoms with van der Waals surface area (Å²) in [5.74, 6) is -0.849. The maximum atomic E-state index is 12.9. The van der Waals surface area contributed by atoms with Crippen LogP contribution in [-0.4, -0.2) is 48.3 Å². The van der Waals surface area contributed by atoms with Crippen molar-refractivity contribution in [2.75, 3.05) is 19.6 Å². The fourth-order valence-electron chi connectivity index (χ4n) is 3.85. The molecule has 1 atom stereocenters. The number of likely N-dealkylation sites (tertiary alicyclic amines) is 1. The van der Waals surface area contributed by atoms with Crippen molar-refractivity contribution in [3.05, 3.63) is 57.8 Å². The Kier molecular flexibility index (Phi) is 8.35. The smallest absolute Gasteiger partial charge is 0.354 e. The average molecular weight is 496 g/mol. The lowest BCUT2D eigenvalue weighted by Gasteiger charge is -2.36. The van der Waals surface area contributed by atoms with Crippen LogP contribution in [0.4, 0.5) is 13.2 Å². The average Bonchev–Trinajstić information content (AvgIpc) is 3.35. The van der Waals surface area contributed by atoms with E-state index in [1.807, 2.05) is 13.8 Å². The standard InChI is InChI=1S/C24H28F3N3O3S/c1-15(2)14-28-22(32)20(29-21(31)19-4-3-13-34-19)16-9-11-30(12-10-16)23(33)17-5-7-18(8-6-17)24(25,26)27/h3-8,13,15-16,20H,9-12,14H2,1-2H3,(H,28,32)(H,29,31). The Labute approximate surface area is 200 Å². The zero-order chi connectivity index (χ0) is 24.9. The van der Waals surface area contributed by atoms with Crippen molar-refractivity contribution in [2.45, 2.75) is 38.9 Å². The number of hydrogen-bond donors (Lipinski definition) is 2. The van der Waals surface area contributed by atoms with E-state index in [0.29, 0.717) is 37.4 Å². The summed E-state index contributed by atoms with van der Waals surface area (Å²) in [6.45, 7) is 5.12. The van der Waals surface area contributed by atoms with Crippen molar-refractivity contribution in [1.82, 2.24) is 15.5 Å². The number of piperidine rings is 1. The highest BCUT2D eigenvalue weighted by Crippen LogP contribution is 2.29. The third-order valence-electron chi connectivity index (χ3n) is 5.76. The lowest BCUT2D eigenvalue weighted by Crippen LogP contribution is -2.54. The van der Waals surface area contributed by atoms with Gasteiger partial charge in [0.2, 0.25) is 5.91 Å². The van der Waals surface area contributed by atoms with Gasteiger partial charge in [0.1, 0.15) is 6.04 Å². The molecule has 1 aromatic carbocycles. The molecule has 1 fully saturated rings. The number of amides is 3. The predicted octanol–water partition coefficient (Wildman–Crippen LogP) is 4.19. The fourth-order valence-corrected chi connectivity index (χ4v) is 4.48. The zero-order valence-electron chi connectivity index (χ0n) is 19.0. The largest absolute Gasteiger partial charge is 0.416 e. The number of thiophene rings is 1. The van der Waals surface area contributed by atoms with Crippen molar-refractivity contribution in [3.8, 4) is 0 Å². The van der Waals surface area contributed by atoms with Gasteiger partial charge >= 0.3 is 6.18 Å². The van der Waals surface area contributed by atoms with E-state index in [4.69, 9.17) is 0 Å². The number of benzene rings is 1. The van der Waals surface area contributed by atoms with Gasteiger partial charge in [0, 0.05) is 25.2 Å². The Bertz CT molecular complexity index is 983. The highest BCUT2D eigenvalue weighted by Gasteiger charge is 2.35. The van der Waals surface area contributed by atoms with Crippen LogP contribution in [0.3, 0.4) is 0 Å². The van der Waals surface area contributed by atoms with Gasteiger partial charge in [-0.25, -0.2) is 0 Å². The van der Waals surface area contributed by atoms with Crippen LogP contribution in [0, 0.1) is 11.8 Å². The Hall–Kier alpha value is -2.88. The van der Waals surface area contributed by atoms with Gasteiger partial charge in [-0.05, 0) is 60.4 Å². The lowest BCUT2D eigenvalue weighted by molar-refractivity contribution is -0.137. The molecule has 1 aliphatic heterocycles. The van der Waals surface area contributed by atoms with Gasteiger partial charge in [-0.15, -0.1) is 11.3 Å². The van der Waals surface area contributed by atoms with Crippen molar-refractivity contribution in [3.63, 3.8) is 0 Å². The Morgan fingerprint density at radius 1 is 1.09 bits per heavy atom. The minimum absolute atomic E-state index is 0.173. The molecule has 2 N–H and O–H groups in total. The second-order valence-corrected chi connectivity index (χ2v) is 9.72. The van der Waals surface area contributed by atoms with E-state index in [0.717, 1.165) is 12.1 Å². The molecule has 0 aliphatic carbocycles. The monoisotopic (exact) mass is 495 g/mol. The first-order chi connectivity index (χ1) is 16.1. The van der Waals surface area contributed by atoms with Gasteiger partial charge in [-0.1, -0.05) is 19.9 Å². The summed E-state index contributed by atoms with van der Waals surface area (Å²) >= 11 is 1.29. The molecule has 0 saturated carbocycles. The highest BCUT2D eigenvalue weighted by atomic mass is 32.1. The quantitative estimate of drug-likeness (QED) is 0.605. The van der Waals surface area contributed by atoms with Crippen LogP contribution in [0.2, 0.25) is 0 Å². The summed E-state index contributed by atoms with van der Waals surface area (Å²) < 4.78 is 38.3. The van der Waals surface area contributed by atoms with E-state index in [2.05, 4.69) is 10.6 Å². The SMILES string of the molecule is CC(C)CNC(=O)C(NC(=O)c1cccs1)C1CCN(C(=O)c2ccc(C(F)(F)F)cc2)CC1. The summed E-state index contributed by atoms with van der Waals surface area (Å²) in [6.07, 6.45) is -3.49. The van der Waals surface area contributed by atoms with Crippen LogP contribution in [0.25, 0.3) is 0 Å². The van der Waals surface area contributed by atoms with Crippen LogP contribution in [0.1, 0.15) is 52.3 Å². The molecule has 0 bridgehead atoms. The molecule has 2 heterocycles. The molecule has 34 heavy (non-hydrogen) atoms. The van der Waals surface area contributed by atoms with Gasteiger partial charge < -0.3 is 15.5 Å². The molecular formula is C24H28F3N3O3S. The van der Waals surface area contributed by atoms with Gasteiger partial charge in [0.25, 0.3) is 11.8 Å². The maximum absolute atomic E-state index is 12.9. The highest BCUT2D eigenvalue weighted by molar-refractivity contribution is 7.12. The molecule has 10 heteroatoms. The lowest BCUT2D eigenvalue weighted by atomic mass is 9.88. The number of hydrogen-bond acceptors (Lipinski definition) is 4. The molecule has 3 rings (SSSR count). The summed E-state index contributed by atoms with van der Waals surface area (Å²) in [7, 11) is 0. The van der Waals surface area contributed by atoms with Crippen LogP contribution in [0.15, 0.2) is 41.8 Å². The number of rotatable bonds is 7. The van der Waals surface area contributed by atoms with Gasteiger partial charge in [-0.2, -0.15) is 13.2 Å². The summed E-state index contributed by atoms with van der Waals surface area (Å²) in [4.78, 5) is 40.4. The van der Waals surface area contributed by atoms with E-state index in [1.54, 1.807) is 22.4 Å². The summed E-state index contributed by atoms with van der Waals surface area (Å²) in [5.41, 5.74) is -0.622. The first-order valence-electron chi connectivity index (χ1n) is 11.1. The molecule has 1 saturated heterocycles. The number of alkyl halides is 3. The van der Waals surface area contributed by atoms with Crippen molar-refractivity contribution in [2.24, 2.45) is 11.8 Å². The molecule has 184 valence electrons. The molecule has 3 amide bonds. The molecule has 1 aromatic heterocycles. The summed E-state index contributed by atoms with van der Waals surface area (Å²) in [6, 6.07) is 6.87. The van der Waals surface area contributed by atoms with Gasteiger partial charge in [0.05, 0.1) is 10.4 Å². The van der Waals surface area contributed by atoms with Crippen molar-refractivity contribution < 1.29 is 27.6 Å². The third kappa shape index (κ3) is 6.59. The predicted molar refractivity (Wildman–Crippen MR) is 123 cm³/mol. The van der Waals surface area contributed by atoms with Crippen LogP contribution < -0.4 is 10.6 Å². The van der Waals surface area contributed by atoms with Crippen LogP contribution in [0.5, 0.6) is 0 Å². The van der Waals surface area contributed by atoms with E-state index in [1.165, 1.54) is 23.5 Å². The Morgan fingerprint density at radius 3 is 2.26 bits per heavy atom. The first-order valence-corrected chi connectivity index (χ1v) is 12.0. The summed E-state index contributed by atoms with van der Waals surface area (Å²) in [5, 5.41) is 7.53. The molecule has 0 radical (unpaired) electrons. The maximum Gasteiger partial charge on any atom is 0.416 e. The number of nitrogens with zero attached hydrogens (tertiary/aromatic N) is 1. The first kappa shape index (κ1) is 25.7. The van der Waals surface area contributed by atoms with Crippen molar-refractivity contribution in [1.29, 1.82) is 0 Å². The number of nitrogens with one attached hydrogen (secondary N) is 2. The Morgan fingerprint density at radius 2 is 1.74 bits per heavy atom. The topological polar surface area (TPSA) is 78.5 Å².